The van der Waals surface area contributed by atoms with Crippen LogP contribution in [0.15, 0.2) is 11.6 Å². The van der Waals surface area contributed by atoms with Crippen LogP contribution in [0, 0.1) is 44.8 Å². The Kier molecular flexibility index (Phi) is 7.10. The van der Waals surface area contributed by atoms with Crippen LogP contribution in [0.5, 0.6) is 0 Å². The molecule has 7 heteroatoms. The van der Waals surface area contributed by atoms with Gasteiger partial charge in [0.2, 0.25) is 0 Å². The number of Topliss-reactive ketones (excluding diaryl/α,β-unsaturated/α-hetero) is 1. The summed E-state index contributed by atoms with van der Waals surface area (Å²) in [4.78, 5) is 24.5. The number of carbonyl (C=O) groups excluding carboxylic acids is 1. The van der Waals surface area contributed by atoms with Gasteiger partial charge in [0, 0.05) is 11.3 Å². The lowest BCUT2D eigenvalue weighted by Crippen LogP contribution is -2.68. The number of ketones is 1. The summed E-state index contributed by atoms with van der Waals surface area (Å²) < 4.78 is 0. The van der Waals surface area contributed by atoms with Gasteiger partial charge >= 0.3 is 5.97 Å². The molecule has 3 fully saturated rings. The Labute approximate surface area is 221 Å². The summed E-state index contributed by atoms with van der Waals surface area (Å²) in [5.74, 6) is -1.00. The minimum absolute atomic E-state index is 0.00225. The summed E-state index contributed by atoms with van der Waals surface area (Å²) in [6, 6.07) is 0. The fourth-order valence-corrected chi connectivity index (χ4v) is 9.61. The van der Waals surface area contributed by atoms with Crippen molar-refractivity contribution in [2.45, 2.75) is 111 Å². The first-order valence-corrected chi connectivity index (χ1v) is 14.1. The van der Waals surface area contributed by atoms with E-state index in [4.69, 9.17) is 0 Å². The number of rotatable bonds is 6. The van der Waals surface area contributed by atoms with Crippen molar-refractivity contribution in [2.75, 3.05) is 6.61 Å². The molecule has 37 heavy (non-hydrogen) atoms. The van der Waals surface area contributed by atoms with Crippen molar-refractivity contribution in [1.82, 2.24) is 0 Å². The number of aliphatic hydroxyl groups is 4. The van der Waals surface area contributed by atoms with Crippen LogP contribution in [-0.2, 0) is 9.59 Å². The second kappa shape index (κ2) is 9.14. The topological polar surface area (TPSA) is 135 Å². The summed E-state index contributed by atoms with van der Waals surface area (Å²) >= 11 is 0. The number of fused-ring (bicyclic) bond motifs is 5. The molecule has 4 rings (SSSR count). The Hall–Kier alpha value is -1.28. The van der Waals surface area contributed by atoms with Gasteiger partial charge in [0.1, 0.15) is 5.78 Å². The van der Waals surface area contributed by atoms with E-state index in [0.29, 0.717) is 38.5 Å². The second-order valence-corrected chi connectivity index (χ2v) is 14.1. The van der Waals surface area contributed by atoms with Crippen molar-refractivity contribution >= 4 is 11.8 Å². The molecule has 0 aliphatic heterocycles. The predicted molar refractivity (Wildman–Crippen MR) is 139 cm³/mol. The molecule has 210 valence electrons. The molecule has 0 aromatic carbocycles. The lowest BCUT2D eigenvalue weighted by Gasteiger charge is -2.71. The number of aliphatic carboxylic acids is 1. The summed E-state index contributed by atoms with van der Waals surface area (Å²) in [5.41, 5.74) is -2.14. The van der Waals surface area contributed by atoms with E-state index in [-0.39, 0.29) is 35.6 Å². The Morgan fingerprint density at radius 2 is 1.70 bits per heavy atom. The van der Waals surface area contributed by atoms with Crippen LogP contribution in [0.2, 0.25) is 0 Å². The van der Waals surface area contributed by atoms with Gasteiger partial charge in [0.15, 0.2) is 0 Å². The molecular formula is C30H48O7. The number of hydrogen-bond donors (Lipinski definition) is 5. The van der Waals surface area contributed by atoms with Crippen molar-refractivity contribution in [3.8, 4) is 0 Å². The van der Waals surface area contributed by atoms with Gasteiger partial charge in [-0.2, -0.15) is 0 Å². The first kappa shape index (κ1) is 28.7. The van der Waals surface area contributed by atoms with Crippen LogP contribution >= 0.6 is 0 Å². The Bertz CT molecular complexity index is 977. The quantitative estimate of drug-likeness (QED) is 0.337. The second-order valence-electron chi connectivity index (χ2n) is 14.1. The SMILES string of the molecule is CC(=O)C(C)CC[C@@]1(C(=O)O)C=C2[C@H](O)C[C@@H]3[C@@]4(C)C[C@@H](O)[C@H](O)[C@@](C)(CO)[C@@H]4CC[C@@]3(C)[C@]2(C)CC1. The molecule has 5 N–H and O–H groups in total. The molecule has 4 aliphatic rings. The van der Waals surface area contributed by atoms with Gasteiger partial charge < -0.3 is 25.5 Å². The fourth-order valence-electron chi connectivity index (χ4n) is 9.61. The maximum atomic E-state index is 12.6. The smallest absolute Gasteiger partial charge is 0.313 e. The van der Waals surface area contributed by atoms with Crippen molar-refractivity contribution in [1.29, 1.82) is 0 Å². The molecule has 0 aromatic rings. The number of hydrogen-bond acceptors (Lipinski definition) is 6. The average molecular weight is 521 g/mol. The van der Waals surface area contributed by atoms with Crippen LogP contribution in [0.25, 0.3) is 0 Å². The normalized spacial score (nSPS) is 50.2. The first-order valence-electron chi connectivity index (χ1n) is 14.1. The van der Waals surface area contributed by atoms with Crippen molar-refractivity contribution in [3.05, 3.63) is 11.6 Å². The summed E-state index contributed by atoms with van der Waals surface area (Å²) in [7, 11) is 0. The maximum absolute atomic E-state index is 12.6. The molecule has 3 saturated carbocycles. The highest BCUT2D eigenvalue weighted by Crippen LogP contribution is 2.74. The van der Waals surface area contributed by atoms with E-state index in [1.54, 1.807) is 6.92 Å². The highest BCUT2D eigenvalue weighted by atomic mass is 16.4. The Morgan fingerprint density at radius 1 is 1.05 bits per heavy atom. The lowest BCUT2D eigenvalue weighted by atomic mass is 9.34. The zero-order valence-corrected chi connectivity index (χ0v) is 23.5. The molecule has 0 spiro atoms. The van der Waals surface area contributed by atoms with Gasteiger partial charge in [0.05, 0.1) is 30.3 Å². The molecular weight excluding hydrogens is 472 g/mol. The van der Waals surface area contributed by atoms with Gasteiger partial charge in [-0.15, -0.1) is 0 Å². The molecule has 1 unspecified atom stereocenters. The first-order chi connectivity index (χ1) is 17.0. The van der Waals surface area contributed by atoms with Crippen LogP contribution < -0.4 is 0 Å². The fraction of sp³-hybridized carbons (Fsp3) is 0.867. The molecule has 11 atom stereocenters. The van der Waals surface area contributed by atoms with Gasteiger partial charge in [-0.3, -0.25) is 9.59 Å². The zero-order chi connectivity index (χ0) is 27.8. The number of carbonyl (C=O) groups is 2. The lowest BCUT2D eigenvalue weighted by molar-refractivity contribution is -0.250. The van der Waals surface area contributed by atoms with Crippen LogP contribution in [0.1, 0.15) is 92.9 Å². The summed E-state index contributed by atoms with van der Waals surface area (Å²) in [6.45, 7) is 11.7. The van der Waals surface area contributed by atoms with E-state index in [2.05, 4.69) is 20.8 Å². The molecule has 0 heterocycles. The van der Waals surface area contributed by atoms with Crippen LogP contribution in [-0.4, -0.2) is 62.2 Å². The summed E-state index contributed by atoms with van der Waals surface area (Å²) in [5, 5.41) is 54.2. The van der Waals surface area contributed by atoms with Gasteiger partial charge in [0.25, 0.3) is 0 Å². The molecule has 0 aromatic heterocycles. The molecule has 0 bridgehead atoms. The van der Waals surface area contributed by atoms with Gasteiger partial charge in [-0.25, -0.2) is 0 Å². The van der Waals surface area contributed by atoms with E-state index in [1.807, 2.05) is 19.9 Å². The molecule has 0 amide bonds. The minimum atomic E-state index is -1.09. The largest absolute Gasteiger partial charge is 0.481 e. The third-order valence-corrected chi connectivity index (χ3v) is 12.5. The van der Waals surface area contributed by atoms with Crippen molar-refractivity contribution in [2.24, 2.45) is 44.8 Å². The molecule has 0 radical (unpaired) electrons. The number of carboxylic acids is 1. The van der Waals surface area contributed by atoms with E-state index in [1.165, 1.54) is 0 Å². The van der Waals surface area contributed by atoms with Crippen LogP contribution in [0.4, 0.5) is 0 Å². The number of carboxylic acid groups (broad SMARTS) is 1. The standard InChI is InChI=1S/C30H48O7/c1-17(18(2)32)7-10-30(25(36)37)12-11-28(5)19(14-30)20(33)13-23-26(3)15-21(34)24(35)27(4,16-31)22(26)8-9-29(23,28)6/h14,17,20-24,31,33-35H,7-13,15-16H2,1-6H3,(H,36,37)/t17?,20-,21-,22-,23-,24+,26+,27+,28-,29-,30+/m1/s1. The third-order valence-electron chi connectivity index (χ3n) is 12.5. The number of aliphatic hydroxyl groups excluding tert-OH is 4. The van der Waals surface area contributed by atoms with Gasteiger partial charge in [-0.1, -0.05) is 40.7 Å². The Balaban J connectivity index is 1.75. The molecule has 7 nitrogen and oxygen atoms in total. The zero-order valence-electron chi connectivity index (χ0n) is 23.5. The maximum Gasteiger partial charge on any atom is 0.313 e. The molecule has 0 saturated heterocycles. The highest BCUT2D eigenvalue weighted by molar-refractivity contribution is 5.79. The van der Waals surface area contributed by atoms with E-state index < -0.39 is 45.9 Å². The van der Waals surface area contributed by atoms with Crippen LogP contribution in [0.3, 0.4) is 0 Å². The van der Waals surface area contributed by atoms with Gasteiger partial charge in [-0.05, 0) is 91.9 Å². The summed E-state index contributed by atoms with van der Waals surface area (Å²) in [6.07, 6.45) is 3.59. The van der Waals surface area contributed by atoms with Crippen molar-refractivity contribution in [3.63, 3.8) is 0 Å². The van der Waals surface area contributed by atoms with E-state index in [0.717, 1.165) is 18.4 Å². The van der Waals surface area contributed by atoms with E-state index >= 15 is 0 Å². The van der Waals surface area contributed by atoms with Crippen molar-refractivity contribution < 1.29 is 35.1 Å². The average Bonchev–Trinajstić information content (AvgIpc) is 2.83. The predicted octanol–water partition coefficient (Wildman–Crippen LogP) is 3.72. The third kappa shape index (κ3) is 3.89. The minimum Gasteiger partial charge on any atom is -0.481 e. The highest BCUT2D eigenvalue weighted by Gasteiger charge is 2.70. The molecule has 4 aliphatic carbocycles. The monoisotopic (exact) mass is 520 g/mol. The van der Waals surface area contributed by atoms with E-state index in [9.17, 15) is 35.1 Å². The Morgan fingerprint density at radius 3 is 2.27 bits per heavy atom.